The highest BCUT2D eigenvalue weighted by molar-refractivity contribution is 14.0. The molecule has 1 fully saturated rings. The summed E-state index contributed by atoms with van der Waals surface area (Å²) >= 11 is 0. The van der Waals surface area contributed by atoms with Gasteiger partial charge in [0.1, 0.15) is 6.54 Å². The molecule has 1 saturated heterocycles. The minimum absolute atomic E-state index is 0. The normalized spacial score (nSPS) is 18.1. The van der Waals surface area contributed by atoms with Gasteiger partial charge < -0.3 is 20.3 Å². The third-order valence-electron chi connectivity index (χ3n) is 5.00. The highest BCUT2D eigenvalue weighted by Gasteiger charge is 2.23. The summed E-state index contributed by atoms with van der Waals surface area (Å²) in [5.74, 6) is 0.717. The molecule has 27 heavy (non-hydrogen) atoms. The van der Waals surface area contributed by atoms with Crippen molar-refractivity contribution in [3.8, 4) is 0 Å². The first-order chi connectivity index (χ1) is 12.3. The molecule has 0 bridgehead atoms. The lowest BCUT2D eigenvalue weighted by Gasteiger charge is -2.27. The lowest BCUT2D eigenvalue weighted by molar-refractivity contribution is -0.127. The number of hydrogen-bond donors (Lipinski definition) is 2. The molecule has 0 aliphatic carbocycles. The Bertz CT molecular complexity index is 457. The fourth-order valence-corrected chi connectivity index (χ4v) is 3.01. The van der Waals surface area contributed by atoms with E-state index in [1.165, 1.54) is 19.4 Å². The van der Waals surface area contributed by atoms with E-state index in [9.17, 15) is 4.79 Å². The van der Waals surface area contributed by atoms with Gasteiger partial charge in [0.2, 0.25) is 5.91 Å². The van der Waals surface area contributed by atoms with Crippen LogP contribution >= 0.6 is 24.0 Å². The van der Waals surface area contributed by atoms with Gasteiger partial charge in [-0.1, -0.05) is 20.8 Å². The van der Waals surface area contributed by atoms with Crippen LogP contribution in [0.5, 0.6) is 0 Å². The van der Waals surface area contributed by atoms with E-state index in [0.29, 0.717) is 12.0 Å². The topological polar surface area (TPSA) is 69.2 Å². The molecule has 7 nitrogen and oxygen atoms in total. The first-order valence-corrected chi connectivity index (χ1v) is 9.74. The Morgan fingerprint density at radius 1 is 1.33 bits per heavy atom. The zero-order valence-corrected chi connectivity index (χ0v) is 20.3. The highest BCUT2D eigenvalue weighted by Crippen LogP contribution is 2.19. The predicted molar refractivity (Wildman–Crippen MR) is 123 cm³/mol. The van der Waals surface area contributed by atoms with Gasteiger partial charge in [-0.2, -0.15) is 0 Å². The quantitative estimate of drug-likeness (QED) is 0.274. The second-order valence-corrected chi connectivity index (χ2v) is 8.02. The molecule has 1 rings (SSSR count). The monoisotopic (exact) mass is 497 g/mol. The second kappa shape index (κ2) is 13.5. The second-order valence-electron chi connectivity index (χ2n) is 8.02. The van der Waals surface area contributed by atoms with E-state index in [2.05, 4.69) is 41.3 Å². The van der Waals surface area contributed by atoms with Crippen molar-refractivity contribution < 1.29 is 9.53 Å². The third kappa shape index (κ3) is 10.5. The Kier molecular flexibility index (Phi) is 13.2. The highest BCUT2D eigenvalue weighted by atomic mass is 127. The minimum Gasteiger partial charge on any atom is -0.385 e. The summed E-state index contributed by atoms with van der Waals surface area (Å²) in [4.78, 5) is 20.4. The van der Waals surface area contributed by atoms with Crippen molar-refractivity contribution in [1.29, 1.82) is 0 Å². The summed E-state index contributed by atoms with van der Waals surface area (Å²) in [6.07, 6.45) is 3.43. The van der Waals surface area contributed by atoms with Crippen LogP contribution in [0.25, 0.3) is 0 Å². The SMILES string of the molecule is CCN1CCCC1CNC(=NCC(=O)N(C)C)NCC(C)(C)CCOC.I. The average Bonchev–Trinajstić information content (AvgIpc) is 3.06. The number of hydrogen-bond acceptors (Lipinski definition) is 4. The Balaban J connectivity index is 0.00000676. The zero-order valence-electron chi connectivity index (χ0n) is 18.0. The molecular formula is C19H40IN5O2. The van der Waals surface area contributed by atoms with Gasteiger partial charge >= 0.3 is 0 Å². The maximum absolute atomic E-state index is 11.9. The Morgan fingerprint density at radius 3 is 2.63 bits per heavy atom. The maximum Gasteiger partial charge on any atom is 0.243 e. The molecule has 1 unspecified atom stereocenters. The molecule has 1 aliphatic heterocycles. The number of ether oxygens (including phenoxy) is 1. The first kappa shape index (κ1) is 26.4. The van der Waals surface area contributed by atoms with E-state index < -0.39 is 0 Å². The number of aliphatic imine (C=N–C) groups is 1. The van der Waals surface area contributed by atoms with Crippen molar-refractivity contribution in [1.82, 2.24) is 20.4 Å². The van der Waals surface area contributed by atoms with Crippen LogP contribution in [-0.2, 0) is 9.53 Å². The summed E-state index contributed by atoms with van der Waals surface area (Å²) in [5.41, 5.74) is 0.0901. The number of nitrogens with zero attached hydrogens (tertiary/aromatic N) is 3. The zero-order chi connectivity index (χ0) is 19.6. The van der Waals surface area contributed by atoms with Crippen LogP contribution in [0.3, 0.4) is 0 Å². The van der Waals surface area contributed by atoms with Gasteiger partial charge in [-0.05, 0) is 37.8 Å². The summed E-state index contributed by atoms with van der Waals surface area (Å²) in [6.45, 7) is 11.4. The standard InChI is InChI=1S/C19H39N5O2.HI/c1-7-24-11-8-9-16(24)13-20-18(21-14-17(25)23(4)5)22-15-19(2,3)10-12-26-6;/h16H,7-15H2,1-6H3,(H2,20,21,22);1H. The number of likely N-dealkylation sites (tertiary alicyclic amines) is 1. The summed E-state index contributed by atoms with van der Waals surface area (Å²) < 4.78 is 5.20. The lowest BCUT2D eigenvalue weighted by atomic mass is 9.90. The van der Waals surface area contributed by atoms with Crippen LogP contribution in [0.2, 0.25) is 0 Å². The number of carbonyl (C=O) groups is 1. The van der Waals surface area contributed by atoms with E-state index >= 15 is 0 Å². The Labute approximate surface area is 182 Å². The van der Waals surface area contributed by atoms with Crippen molar-refractivity contribution in [2.45, 2.75) is 46.1 Å². The van der Waals surface area contributed by atoms with Crippen molar-refractivity contribution in [2.75, 3.05) is 60.5 Å². The lowest BCUT2D eigenvalue weighted by Crippen LogP contribution is -2.47. The summed E-state index contributed by atoms with van der Waals surface area (Å²) in [7, 11) is 5.24. The van der Waals surface area contributed by atoms with Crippen LogP contribution in [0.1, 0.15) is 40.0 Å². The van der Waals surface area contributed by atoms with Gasteiger partial charge in [-0.15, -0.1) is 24.0 Å². The Morgan fingerprint density at radius 2 is 2.04 bits per heavy atom. The molecule has 0 aromatic heterocycles. The number of nitrogens with one attached hydrogen (secondary N) is 2. The van der Waals surface area contributed by atoms with Crippen molar-refractivity contribution >= 4 is 35.8 Å². The van der Waals surface area contributed by atoms with Crippen molar-refractivity contribution in [3.05, 3.63) is 0 Å². The molecule has 160 valence electrons. The maximum atomic E-state index is 11.9. The van der Waals surface area contributed by atoms with Crippen LogP contribution in [0.4, 0.5) is 0 Å². The van der Waals surface area contributed by atoms with Crippen LogP contribution in [0, 0.1) is 5.41 Å². The molecule has 8 heteroatoms. The Hall–Kier alpha value is -0.610. The number of carbonyl (C=O) groups excluding carboxylic acids is 1. The van der Waals surface area contributed by atoms with Gasteiger partial charge in [-0.3, -0.25) is 9.69 Å². The molecule has 0 radical (unpaired) electrons. The molecule has 1 aliphatic rings. The number of rotatable bonds is 10. The number of halogens is 1. The van der Waals surface area contributed by atoms with Gasteiger partial charge in [0, 0.05) is 46.9 Å². The summed E-state index contributed by atoms with van der Waals surface area (Å²) in [6, 6.07) is 0.540. The fraction of sp³-hybridized carbons (Fsp3) is 0.895. The van der Waals surface area contributed by atoms with Gasteiger partial charge in [0.05, 0.1) is 0 Å². The van der Waals surface area contributed by atoms with Crippen LogP contribution in [0.15, 0.2) is 4.99 Å². The number of amides is 1. The molecule has 0 aromatic carbocycles. The van der Waals surface area contributed by atoms with E-state index in [-0.39, 0.29) is 41.8 Å². The first-order valence-electron chi connectivity index (χ1n) is 9.74. The molecule has 1 atom stereocenters. The fourth-order valence-electron chi connectivity index (χ4n) is 3.01. The van der Waals surface area contributed by atoms with Crippen molar-refractivity contribution in [3.63, 3.8) is 0 Å². The van der Waals surface area contributed by atoms with E-state index in [1.807, 2.05) is 0 Å². The molecule has 1 amide bonds. The van der Waals surface area contributed by atoms with Crippen molar-refractivity contribution in [2.24, 2.45) is 10.4 Å². The third-order valence-corrected chi connectivity index (χ3v) is 5.00. The number of guanidine groups is 1. The predicted octanol–water partition coefficient (Wildman–Crippen LogP) is 1.77. The van der Waals surface area contributed by atoms with Gasteiger partial charge in [-0.25, -0.2) is 4.99 Å². The van der Waals surface area contributed by atoms with E-state index in [1.54, 1.807) is 26.1 Å². The average molecular weight is 497 g/mol. The molecular weight excluding hydrogens is 457 g/mol. The number of likely N-dealkylation sites (N-methyl/N-ethyl adjacent to an activating group) is 2. The molecule has 0 spiro atoms. The summed E-state index contributed by atoms with van der Waals surface area (Å²) in [5, 5.41) is 6.86. The van der Waals surface area contributed by atoms with Gasteiger partial charge in [0.25, 0.3) is 0 Å². The van der Waals surface area contributed by atoms with Crippen LogP contribution in [-0.4, -0.2) is 88.2 Å². The largest absolute Gasteiger partial charge is 0.385 e. The van der Waals surface area contributed by atoms with Crippen LogP contribution < -0.4 is 10.6 Å². The molecule has 0 aromatic rings. The number of methoxy groups -OCH3 is 1. The van der Waals surface area contributed by atoms with E-state index in [0.717, 1.165) is 32.7 Å². The van der Waals surface area contributed by atoms with E-state index in [4.69, 9.17) is 4.74 Å². The molecule has 1 heterocycles. The molecule has 2 N–H and O–H groups in total. The van der Waals surface area contributed by atoms with Gasteiger partial charge in [0.15, 0.2) is 5.96 Å². The smallest absolute Gasteiger partial charge is 0.243 e. The minimum atomic E-state index is 0. The molecule has 0 saturated carbocycles.